The van der Waals surface area contributed by atoms with Gasteiger partial charge in [0.25, 0.3) is 5.91 Å². The van der Waals surface area contributed by atoms with E-state index in [0.29, 0.717) is 22.0 Å². The molecular weight excluding hydrogens is 312 g/mol. The SMILES string of the molecule is N#Cc1ccccc1NC(=O)c1cc(-c2ccccc2Cl)n[nH]1. The van der Waals surface area contributed by atoms with Gasteiger partial charge in [0.05, 0.1) is 22.0 Å². The highest BCUT2D eigenvalue weighted by atomic mass is 35.5. The lowest BCUT2D eigenvalue weighted by Crippen LogP contribution is -2.13. The maximum absolute atomic E-state index is 12.3. The lowest BCUT2D eigenvalue weighted by Gasteiger charge is -2.04. The van der Waals surface area contributed by atoms with Crippen LogP contribution in [0.3, 0.4) is 0 Å². The van der Waals surface area contributed by atoms with Gasteiger partial charge in [-0.05, 0) is 24.3 Å². The van der Waals surface area contributed by atoms with Gasteiger partial charge >= 0.3 is 0 Å². The summed E-state index contributed by atoms with van der Waals surface area (Å²) in [7, 11) is 0. The van der Waals surface area contributed by atoms with Gasteiger partial charge < -0.3 is 5.32 Å². The Hall–Kier alpha value is -3.10. The van der Waals surface area contributed by atoms with Crippen LogP contribution in [0.15, 0.2) is 54.6 Å². The summed E-state index contributed by atoms with van der Waals surface area (Å²) in [5.41, 5.74) is 2.45. The van der Waals surface area contributed by atoms with Crippen LogP contribution in [0.25, 0.3) is 11.3 Å². The van der Waals surface area contributed by atoms with Gasteiger partial charge in [-0.1, -0.05) is 41.9 Å². The summed E-state index contributed by atoms with van der Waals surface area (Å²) in [5, 5.41) is 19.1. The fourth-order valence-corrected chi connectivity index (χ4v) is 2.36. The van der Waals surface area contributed by atoms with Crippen molar-refractivity contribution >= 4 is 23.2 Å². The van der Waals surface area contributed by atoms with Gasteiger partial charge in [-0.2, -0.15) is 10.4 Å². The molecular formula is C17H11ClN4O. The van der Waals surface area contributed by atoms with Crippen LogP contribution in [0, 0.1) is 11.3 Å². The van der Waals surface area contributed by atoms with Crippen molar-refractivity contribution in [1.29, 1.82) is 5.26 Å². The largest absolute Gasteiger partial charge is 0.319 e. The Morgan fingerprint density at radius 2 is 1.91 bits per heavy atom. The first kappa shape index (κ1) is 14.8. The highest BCUT2D eigenvalue weighted by Gasteiger charge is 2.14. The summed E-state index contributed by atoms with van der Waals surface area (Å²) in [6, 6.07) is 17.7. The molecule has 0 unspecified atom stereocenters. The van der Waals surface area contributed by atoms with E-state index in [1.54, 1.807) is 36.4 Å². The molecule has 0 atom stereocenters. The predicted molar refractivity (Wildman–Crippen MR) is 88.1 cm³/mol. The van der Waals surface area contributed by atoms with Crippen molar-refractivity contribution in [2.24, 2.45) is 0 Å². The molecule has 112 valence electrons. The van der Waals surface area contributed by atoms with E-state index in [1.807, 2.05) is 24.3 Å². The van der Waals surface area contributed by atoms with Crippen molar-refractivity contribution in [2.75, 3.05) is 5.32 Å². The number of nitrogens with one attached hydrogen (secondary N) is 2. The van der Waals surface area contributed by atoms with E-state index in [9.17, 15) is 4.79 Å². The zero-order valence-corrected chi connectivity index (χ0v) is 12.6. The molecule has 0 spiro atoms. The van der Waals surface area contributed by atoms with Crippen LogP contribution < -0.4 is 5.32 Å². The van der Waals surface area contributed by atoms with Gasteiger partial charge in [-0.15, -0.1) is 0 Å². The topological polar surface area (TPSA) is 81.6 Å². The molecule has 1 amide bonds. The number of benzene rings is 2. The smallest absolute Gasteiger partial charge is 0.273 e. The molecule has 1 heterocycles. The number of anilines is 1. The van der Waals surface area contributed by atoms with Gasteiger partial charge in [0.1, 0.15) is 11.8 Å². The number of aromatic amines is 1. The average molecular weight is 323 g/mol. The van der Waals surface area contributed by atoms with Crippen LogP contribution >= 0.6 is 11.6 Å². The average Bonchev–Trinajstić information content (AvgIpc) is 3.05. The minimum atomic E-state index is -0.376. The van der Waals surface area contributed by atoms with Crippen molar-refractivity contribution in [3.8, 4) is 17.3 Å². The minimum Gasteiger partial charge on any atom is -0.319 e. The van der Waals surface area contributed by atoms with E-state index in [1.165, 1.54) is 0 Å². The molecule has 0 aliphatic carbocycles. The normalized spacial score (nSPS) is 10.1. The van der Waals surface area contributed by atoms with Gasteiger partial charge in [0.2, 0.25) is 0 Å². The fourth-order valence-electron chi connectivity index (χ4n) is 2.12. The second-order valence-electron chi connectivity index (χ2n) is 4.76. The maximum atomic E-state index is 12.3. The van der Waals surface area contributed by atoms with Crippen LogP contribution in [0.1, 0.15) is 16.1 Å². The number of aromatic nitrogens is 2. The molecule has 2 aromatic carbocycles. The molecule has 0 saturated carbocycles. The summed E-state index contributed by atoms with van der Waals surface area (Å²) >= 11 is 6.13. The van der Waals surface area contributed by atoms with Crippen molar-refractivity contribution in [3.05, 3.63) is 70.9 Å². The number of para-hydroxylation sites is 1. The van der Waals surface area contributed by atoms with Crippen LogP contribution in [0.4, 0.5) is 5.69 Å². The van der Waals surface area contributed by atoms with Crippen molar-refractivity contribution in [1.82, 2.24) is 10.2 Å². The van der Waals surface area contributed by atoms with Gasteiger partial charge in [-0.3, -0.25) is 9.89 Å². The second kappa shape index (κ2) is 6.34. The number of nitrogens with zero attached hydrogens (tertiary/aromatic N) is 2. The van der Waals surface area contributed by atoms with Gasteiger partial charge in [0, 0.05) is 5.56 Å². The quantitative estimate of drug-likeness (QED) is 0.768. The Morgan fingerprint density at radius 1 is 1.17 bits per heavy atom. The number of rotatable bonds is 3. The Morgan fingerprint density at radius 3 is 2.70 bits per heavy atom. The van der Waals surface area contributed by atoms with E-state index in [4.69, 9.17) is 16.9 Å². The molecule has 0 saturated heterocycles. The Kier molecular flexibility index (Phi) is 4.09. The molecule has 6 heteroatoms. The first-order valence-electron chi connectivity index (χ1n) is 6.80. The summed E-state index contributed by atoms with van der Waals surface area (Å²) in [5.74, 6) is -0.376. The summed E-state index contributed by atoms with van der Waals surface area (Å²) in [6.45, 7) is 0. The Labute approximate surface area is 137 Å². The number of carbonyl (C=O) groups is 1. The first-order chi connectivity index (χ1) is 11.2. The molecule has 0 aliphatic rings. The first-order valence-corrected chi connectivity index (χ1v) is 7.17. The van der Waals surface area contributed by atoms with E-state index >= 15 is 0 Å². The standard InChI is InChI=1S/C17H11ClN4O/c18-13-7-3-2-6-12(13)15-9-16(22-21-15)17(23)20-14-8-4-1-5-11(14)10-19/h1-9H,(H,20,23)(H,21,22). The number of hydrogen-bond donors (Lipinski definition) is 2. The van der Waals surface area contributed by atoms with E-state index < -0.39 is 0 Å². The molecule has 0 radical (unpaired) electrons. The number of amides is 1. The van der Waals surface area contributed by atoms with Gasteiger partial charge in [-0.25, -0.2) is 0 Å². The maximum Gasteiger partial charge on any atom is 0.273 e. The Balaban J connectivity index is 1.85. The summed E-state index contributed by atoms with van der Waals surface area (Å²) < 4.78 is 0. The molecule has 5 nitrogen and oxygen atoms in total. The van der Waals surface area contributed by atoms with E-state index in [0.717, 1.165) is 5.56 Å². The fraction of sp³-hybridized carbons (Fsp3) is 0. The van der Waals surface area contributed by atoms with Gasteiger partial charge in [0.15, 0.2) is 0 Å². The van der Waals surface area contributed by atoms with Crippen LogP contribution in [0.5, 0.6) is 0 Å². The molecule has 1 aromatic heterocycles. The molecule has 3 rings (SSSR count). The highest BCUT2D eigenvalue weighted by Crippen LogP contribution is 2.26. The van der Waals surface area contributed by atoms with Crippen LogP contribution in [-0.4, -0.2) is 16.1 Å². The minimum absolute atomic E-state index is 0.285. The third kappa shape index (κ3) is 3.07. The van der Waals surface area contributed by atoms with Crippen molar-refractivity contribution in [3.63, 3.8) is 0 Å². The number of carbonyl (C=O) groups excluding carboxylic acids is 1. The van der Waals surface area contributed by atoms with E-state index in [2.05, 4.69) is 15.5 Å². The Bertz CT molecular complexity index is 911. The second-order valence-corrected chi connectivity index (χ2v) is 5.17. The van der Waals surface area contributed by atoms with E-state index in [-0.39, 0.29) is 11.6 Å². The predicted octanol–water partition coefficient (Wildman–Crippen LogP) is 3.85. The number of halogens is 1. The zero-order chi connectivity index (χ0) is 16.2. The molecule has 0 aliphatic heterocycles. The molecule has 0 fully saturated rings. The van der Waals surface area contributed by atoms with Crippen molar-refractivity contribution < 1.29 is 4.79 Å². The molecule has 2 N–H and O–H groups in total. The molecule has 0 bridgehead atoms. The third-order valence-corrected chi connectivity index (χ3v) is 3.60. The number of H-pyrrole nitrogens is 1. The number of nitriles is 1. The highest BCUT2D eigenvalue weighted by molar-refractivity contribution is 6.33. The van der Waals surface area contributed by atoms with Crippen molar-refractivity contribution in [2.45, 2.75) is 0 Å². The molecule has 3 aromatic rings. The lowest BCUT2D eigenvalue weighted by molar-refractivity contribution is 0.102. The number of hydrogen-bond acceptors (Lipinski definition) is 3. The zero-order valence-electron chi connectivity index (χ0n) is 11.9. The summed E-state index contributed by atoms with van der Waals surface area (Å²) in [6.07, 6.45) is 0. The lowest BCUT2D eigenvalue weighted by atomic mass is 10.1. The monoisotopic (exact) mass is 322 g/mol. The van der Waals surface area contributed by atoms with Crippen LogP contribution in [-0.2, 0) is 0 Å². The third-order valence-electron chi connectivity index (χ3n) is 3.27. The molecule has 23 heavy (non-hydrogen) atoms. The van der Waals surface area contributed by atoms with Crippen LogP contribution in [0.2, 0.25) is 5.02 Å². The summed E-state index contributed by atoms with van der Waals surface area (Å²) in [4.78, 5) is 12.3.